The molecule has 0 bridgehead atoms. The van der Waals surface area contributed by atoms with Crippen molar-refractivity contribution in [3.05, 3.63) is 40.4 Å². The molecule has 2 heterocycles. The zero-order chi connectivity index (χ0) is 14.1. The van der Waals surface area contributed by atoms with Gasteiger partial charge in [0, 0.05) is 12.3 Å². The van der Waals surface area contributed by atoms with E-state index in [9.17, 15) is 4.79 Å². The molecule has 0 saturated carbocycles. The van der Waals surface area contributed by atoms with Crippen LogP contribution in [0.1, 0.15) is 35.1 Å². The molecule has 1 atom stereocenters. The van der Waals surface area contributed by atoms with Gasteiger partial charge in [-0.3, -0.25) is 9.67 Å². The van der Waals surface area contributed by atoms with Crippen molar-refractivity contribution in [1.82, 2.24) is 14.8 Å². The van der Waals surface area contributed by atoms with E-state index >= 15 is 0 Å². The molecule has 1 saturated heterocycles. The zero-order valence-corrected chi connectivity index (χ0v) is 11.4. The minimum atomic E-state index is -0.952. The van der Waals surface area contributed by atoms with Crippen LogP contribution in [-0.2, 0) is 4.74 Å². The van der Waals surface area contributed by atoms with Crippen LogP contribution < -0.4 is 0 Å². The summed E-state index contributed by atoms with van der Waals surface area (Å²) in [6.45, 7) is 0.724. The van der Waals surface area contributed by atoms with Crippen molar-refractivity contribution in [3.8, 4) is 5.69 Å². The first-order valence-electron chi connectivity index (χ1n) is 6.29. The molecule has 7 heteroatoms. The number of hydrogen-bond acceptors (Lipinski definition) is 4. The summed E-state index contributed by atoms with van der Waals surface area (Å²) in [5.41, 5.74) is 1.02. The van der Waals surface area contributed by atoms with Gasteiger partial charge in [-0.05, 0) is 49.3 Å². The molecule has 20 heavy (non-hydrogen) atoms. The summed E-state index contributed by atoms with van der Waals surface area (Å²) in [6.07, 6.45) is 1.84. The SMILES string of the molecule is O=C(O)c1ccc(-n2c([C@H]3CCCO3)n[nH]c2=S)cc1. The molecule has 1 aromatic heterocycles. The normalized spacial score (nSPS) is 18.3. The average molecular weight is 291 g/mol. The smallest absolute Gasteiger partial charge is 0.335 e. The fraction of sp³-hybridized carbons (Fsp3) is 0.308. The summed E-state index contributed by atoms with van der Waals surface area (Å²) in [4.78, 5) is 10.9. The first-order chi connectivity index (χ1) is 9.66. The van der Waals surface area contributed by atoms with E-state index < -0.39 is 5.97 Å². The van der Waals surface area contributed by atoms with Crippen LogP contribution in [0.4, 0.5) is 0 Å². The van der Waals surface area contributed by atoms with Gasteiger partial charge >= 0.3 is 5.97 Å². The number of nitrogens with one attached hydrogen (secondary N) is 1. The molecule has 0 aliphatic carbocycles. The minimum absolute atomic E-state index is 0.0675. The molecule has 0 spiro atoms. The van der Waals surface area contributed by atoms with Gasteiger partial charge in [0.25, 0.3) is 0 Å². The number of H-pyrrole nitrogens is 1. The lowest BCUT2D eigenvalue weighted by atomic mass is 10.2. The number of carbonyl (C=O) groups is 1. The van der Waals surface area contributed by atoms with E-state index in [4.69, 9.17) is 22.1 Å². The second-order valence-electron chi connectivity index (χ2n) is 4.58. The van der Waals surface area contributed by atoms with Gasteiger partial charge < -0.3 is 9.84 Å². The topological polar surface area (TPSA) is 80.1 Å². The monoisotopic (exact) mass is 291 g/mol. The first-order valence-corrected chi connectivity index (χ1v) is 6.70. The van der Waals surface area contributed by atoms with Crippen LogP contribution in [-0.4, -0.2) is 32.4 Å². The Labute approximate surface area is 120 Å². The zero-order valence-electron chi connectivity index (χ0n) is 10.6. The fourth-order valence-electron chi connectivity index (χ4n) is 2.31. The lowest BCUT2D eigenvalue weighted by Crippen LogP contribution is -2.07. The third-order valence-electron chi connectivity index (χ3n) is 3.29. The Morgan fingerprint density at radius 2 is 2.20 bits per heavy atom. The highest BCUT2D eigenvalue weighted by atomic mass is 32.1. The number of carboxylic acid groups (broad SMARTS) is 1. The molecular formula is C13H13N3O3S. The van der Waals surface area contributed by atoms with Gasteiger partial charge in [0.1, 0.15) is 6.10 Å². The molecule has 6 nitrogen and oxygen atoms in total. The van der Waals surface area contributed by atoms with Crippen LogP contribution in [0.3, 0.4) is 0 Å². The number of aromatic nitrogens is 3. The predicted octanol–water partition coefficient (Wildman–Crippen LogP) is 2.48. The second kappa shape index (κ2) is 5.18. The number of benzene rings is 1. The molecule has 0 radical (unpaired) electrons. The Kier molecular flexibility index (Phi) is 3.37. The summed E-state index contributed by atoms with van der Waals surface area (Å²) >= 11 is 5.25. The van der Waals surface area contributed by atoms with Crippen molar-refractivity contribution in [3.63, 3.8) is 0 Å². The maximum atomic E-state index is 10.9. The van der Waals surface area contributed by atoms with E-state index in [2.05, 4.69) is 10.2 Å². The molecule has 104 valence electrons. The van der Waals surface area contributed by atoms with Crippen molar-refractivity contribution in [2.24, 2.45) is 0 Å². The third-order valence-corrected chi connectivity index (χ3v) is 3.56. The summed E-state index contributed by atoms with van der Waals surface area (Å²) < 4.78 is 7.89. The number of ether oxygens (including phenoxy) is 1. The number of nitrogens with zero attached hydrogens (tertiary/aromatic N) is 2. The number of aromatic carboxylic acids is 1. The maximum absolute atomic E-state index is 10.9. The van der Waals surface area contributed by atoms with Crippen molar-refractivity contribution < 1.29 is 14.6 Å². The van der Waals surface area contributed by atoms with Crippen molar-refractivity contribution in [1.29, 1.82) is 0 Å². The van der Waals surface area contributed by atoms with Crippen LogP contribution in [0.25, 0.3) is 5.69 Å². The van der Waals surface area contributed by atoms with Crippen molar-refractivity contribution >= 4 is 18.2 Å². The fourth-order valence-corrected chi connectivity index (χ4v) is 2.55. The van der Waals surface area contributed by atoms with Crippen LogP contribution in [0, 0.1) is 4.77 Å². The van der Waals surface area contributed by atoms with Gasteiger partial charge in [0.05, 0.1) is 5.56 Å². The highest BCUT2D eigenvalue weighted by Crippen LogP contribution is 2.28. The van der Waals surface area contributed by atoms with E-state index in [0.29, 0.717) is 4.77 Å². The number of hydrogen-bond donors (Lipinski definition) is 2. The summed E-state index contributed by atoms with van der Waals surface area (Å²) in [7, 11) is 0. The molecule has 0 unspecified atom stereocenters. The number of carboxylic acids is 1. The Hall–Kier alpha value is -1.99. The Morgan fingerprint density at radius 1 is 1.45 bits per heavy atom. The third kappa shape index (κ3) is 2.25. The van der Waals surface area contributed by atoms with E-state index in [-0.39, 0.29) is 11.7 Å². The van der Waals surface area contributed by atoms with E-state index in [1.165, 1.54) is 0 Å². The number of aromatic amines is 1. The quantitative estimate of drug-likeness (QED) is 0.849. The van der Waals surface area contributed by atoms with Gasteiger partial charge in [0.2, 0.25) is 0 Å². The van der Waals surface area contributed by atoms with Crippen LogP contribution in [0.5, 0.6) is 0 Å². The summed E-state index contributed by atoms with van der Waals surface area (Å²) in [6, 6.07) is 6.53. The molecule has 0 amide bonds. The highest BCUT2D eigenvalue weighted by Gasteiger charge is 2.24. The Bertz CT molecular complexity index is 684. The van der Waals surface area contributed by atoms with Crippen LogP contribution in [0.15, 0.2) is 24.3 Å². The molecule has 1 aliphatic rings. The standard InChI is InChI=1S/C13H13N3O3S/c17-12(18)8-3-5-9(6-4-8)16-11(14-15-13(16)20)10-2-1-7-19-10/h3-6,10H,1-2,7H2,(H,15,20)(H,17,18)/t10-/m1/s1. The van der Waals surface area contributed by atoms with Gasteiger partial charge in [0.15, 0.2) is 10.6 Å². The second-order valence-corrected chi connectivity index (χ2v) is 4.96. The van der Waals surface area contributed by atoms with Crippen molar-refractivity contribution in [2.75, 3.05) is 6.61 Å². The highest BCUT2D eigenvalue weighted by molar-refractivity contribution is 7.71. The summed E-state index contributed by atoms with van der Waals surface area (Å²) in [5.74, 6) is -0.220. The molecule has 2 N–H and O–H groups in total. The largest absolute Gasteiger partial charge is 0.478 e. The van der Waals surface area contributed by atoms with Gasteiger partial charge in [-0.25, -0.2) is 4.79 Å². The van der Waals surface area contributed by atoms with Crippen molar-refractivity contribution in [2.45, 2.75) is 18.9 Å². The summed E-state index contributed by atoms with van der Waals surface area (Å²) in [5, 5.41) is 15.9. The Balaban J connectivity index is 2.02. The molecular weight excluding hydrogens is 278 g/mol. The van der Waals surface area contributed by atoms with Gasteiger partial charge in [-0.1, -0.05) is 0 Å². The molecule has 2 aromatic rings. The van der Waals surface area contributed by atoms with Gasteiger partial charge in [-0.2, -0.15) is 5.10 Å². The molecule has 1 fully saturated rings. The minimum Gasteiger partial charge on any atom is -0.478 e. The van der Waals surface area contributed by atoms with E-state index in [0.717, 1.165) is 31.0 Å². The Morgan fingerprint density at radius 3 is 2.80 bits per heavy atom. The van der Waals surface area contributed by atoms with Crippen LogP contribution >= 0.6 is 12.2 Å². The maximum Gasteiger partial charge on any atom is 0.335 e. The van der Waals surface area contributed by atoms with Gasteiger partial charge in [-0.15, -0.1) is 0 Å². The average Bonchev–Trinajstić information content (AvgIpc) is 3.07. The predicted molar refractivity (Wildman–Crippen MR) is 73.6 cm³/mol. The first kappa shape index (κ1) is 13.0. The molecule has 3 rings (SSSR count). The molecule has 1 aliphatic heterocycles. The molecule has 1 aromatic carbocycles. The lowest BCUT2D eigenvalue weighted by molar-refractivity contribution is 0.0697. The lowest BCUT2D eigenvalue weighted by Gasteiger charge is -2.11. The number of rotatable bonds is 3. The van der Waals surface area contributed by atoms with Crippen LogP contribution in [0.2, 0.25) is 0 Å². The van der Waals surface area contributed by atoms with E-state index in [1.807, 2.05) is 0 Å². The van der Waals surface area contributed by atoms with E-state index in [1.54, 1.807) is 28.8 Å².